The fraction of sp³-hybridized carbons (Fsp3) is 0.866. The first-order valence-corrected chi connectivity index (χ1v) is 39.8. The van der Waals surface area contributed by atoms with Crippen molar-refractivity contribution >= 4 is 17.9 Å². The van der Waals surface area contributed by atoms with Gasteiger partial charge >= 0.3 is 17.9 Å². The highest BCUT2D eigenvalue weighted by molar-refractivity contribution is 5.71. The van der Waals surface area contributed by atoms with Crippen LogP contribution in [0.5, 0.6) is 0 Å². The number of allylic oxidation sites excluding steroid dienone is 8. The first-order chi connectivity index (χ1) is 44.6. The van der Waals surface area contributed by atoms with E-state index >= 15 is 0 Å². The summed E-state index contributed by atoms with van der Waals surface area (Å²) < 4.78 is 23.1. The van der Waals surface area contributed by atoms with Gasteiger partial charge in [0.1, 0.15) is 13.2 Å². The molecular weight excluding hydrogens is 1130 g/mol. The standard InChI is InChI=1S/C82H153NO8/c1-6-8-10-12-14-16-18-20-22-24-26-28-30-32-34-36-38-39-40-41-43-44-46-48-50-52-54-56-58-60-62-64-66-68-70-72-79(84)89-76-78(77-90-82(81(86)87)88-75-74-83(3,4)5)91-80(85)73-71-69-67-65-63-61-59-57-55-53-51-49-47-45-42-37-35-33-31-29-27-25-23-21-19-17-15-13-11-9-7-2/h9,11,15,17,21,23,27,29,78,82H,6-8,10,12-14,16,18-20,22,24-26,28,30-77H2,1-5H3/p+1/b11-9-,17-15-,23-21-,29-27-. The minimum Gasteiger partial charge on any atom is -0.477 e. The number of aliphatic carboxylic acids is 1. The van der Waals surface area contributed by atoms with Crippen LogP contribution in [-0.4, -0.2) is 87.4 Å². The molecule has 0 spiro atoms. The van der Waals surface area contributed by atoms with Gasteiger partial charge in [0.05, 0.1) is 34.4 Å². The van der Waals surface area contributed by atoms with Gasteiger partial charge in [0.2, 0.25) is 0 Å². The molecule has 0 amide bonds. The predicted molar refractivity (Wildman–Crippen MR) is 392 cm³/mol. The summed E-state index contributed by atoms with van der Waals surface area (Å²) in [6.07, 6.45) is 92.7. The molecule has 0 aliphatic carbocycles. The first kappa shape index (κ1) is 88.2. The van der Waals surface area contributed by atoms with E-state index in [0.29, 0.717) is 17.4 Å². The molecule has 9 nitrogen and oxygen atoms in total. The zero-order valence-electron chi connectivity index (χ0n) is 61.3. The maximum absolute atomic E-state index is 13.0. The number of hydrogen-bond donors (Lipinski definition) is 1. The lowest BCUT2D eigenvalue weighted by Gasteiger charge is -2.25. The average molecular weight is 1280 g/mol. The molecule has 0 aromatic carbocycles. The van der Waals surface area contributed by atoms with Crippen molar-refractivity contribution in [3.05, 3.63) is 48.6 Å². The van der Waals surface area contributed by atoms with Gasteiger partial charge in [-0.2, -0.15) is 0 Å². The topological polar surface area (TPSA) is 108 Å². The summed E-state index contributed by atoms with van der Waals surface area (Å²) in [6.45, 7) is 4.84. The number of carboxylic acid groups (broad SMARTS) is 1. The van der Waals surface area contributed by atoms with Gasteiger partial charge in [-0.15, -0.1) is 0 Å². The number of esters is 2. The van der Waals surface area contributed by atoms with Gasteiger partial charge in [0, 0.05) is 12.8 Å². The first-order valence-electron chi connectivity index (χ1n) is 39.8. The molecule has 0 bridgehead atoms. The van der Waals surface area contributed by atoms with E-state index in [-0.39, 0.29) is 38.2 Å². The van der Waals surface area contributed by atoms with Crippen LogP contribution in [0.25, 0.3) is 0 Å². The molecule has 534 valence electrons. The van der Waals surface area contributed by atoms with E-state index in [4.69, 9.17) is 18.9 Å². The lowest BCUT2D eigenvalue weighted by Crippen LogP contribution is -2.40. The van der Waals surface area contributed by atoms with Crippen LogP contribution in [0, 0.1) is 0 Å². The van der Waals surface area contributed by atoms with E-state index in [1.54, 1.807) is 0 Å². The Balaban J connectivity index is 3.97. The number of rotatable bonds is 75. The van der Waals surface area contributed by atoms with Crippen molar-refractivity contribution in [3.8, 4) is 0 Å². The number of nitrogens with zero attached hydrogens (tertiary/aromatic N) is 1. The molecule has 0 heterocycles. The molecule has 0 aliphatic heterocycles. The molecule has 9 heteroatoms. The van der Waals surface area contributed by atoms with Gasteiger partial charge < -0.3 is 28.5 Å². The normalized spacial score (nSPS) is 12.8. The molecule has 0 aromatic heterocycles. The fourth-order valence-electron chi connectivity index (χ4n) is 12.1. The predicted octanol–water partition coefficient (Wildman–Crippen LogP) is 25.3. The molecule has 0 fully saturated rings. The zero-order valence-corrected chi connectivity index (χ0v) is 61.3. The van der Waals surface area contributed by atoms with Gasteiger partial charge in [-0.05, 0) is 51.4 Å². The highest BCUT2D eigenvalue weighted by atomic mass is 16.7. The van der Waals surface area contributed by atoms with E-state index in [9.17, 15) is 19.5 Å². The number of carbonyl (C=O) groups excluding carboxylic acids is 2. The Hall–Kier alpha value is -2.75. The molecule has 0 saturated heterocycles. The number of carbonyl (C=O) groups is 3. The van der Waals surface area contributed by atoms with Crippen LogP contribution in [0.3, 0.4) is 0 Å². The van der Waals surface area contributed by atoms with Crippen molar-refractivity contribution in [2.45, 2.75) is 411 Å². The van der Waals surface area contributed by atoms with Crippen LogP contribution in [0.2, 0.25) is 0 Å². The Kier molecular flexibility index (Phi) is 70.9. The number of likely N-dealkylation sites (N-methyl/N-ethyl adjacent to an activating group) is 1. The van der Waals surface area contributed by atoms with E-state index in [2.05, 4.69) is 62.5 Å². The average Bonchev–Trinajstić information content (AvgIpc) is 3.65. The monoisotopic (exact) mass is 1280 g/mol. The number of unbranched alkanes of at least 4 members (excludes halogenated alkanes) is 52. The van der Waals surface area contributed by atoms with Crippen molar-refractivity contribution < 1.29 is 42.9 Å². The van der Waals surface area contributed by atoms with Gasteiger partial charge in [0.15, 0.2) is 6.10 Å². The summed E-state index contributed by atoms with van der Waals surface area (Å²) in [6, 6.07) is 0. The molecule has 2 atom stereocenters. The molecule has 0 aliphatic rings. The lowest BCUT2D eigenvalue weighted by atomic mass is 10.0. The number of quaternary nitrogens is 1. The summed E-state index contributed by atoms with van der Waals surface area (Å²) in [5.41, 5.74) is 0. The van der Waals surface area contributed by atoms with Crippen molar-refractivity contribution in [2.75, 3.05) is 47.5 Å². The smallest absolute Gasteiger partial charge is 0.361 e. The summed E-state index contributed by atoms with van der Waals surface area (Å²) in [5.74, 6) is -1.97. The van der Waals surface area contributed by atoms with Crippen LogP contribution in [0.15, 0.2) is 48.6 Å². The van der Waals surface area contributed by atoms with Crippen molar-refractivity contribution in [1.82, 2.24) is 0 Å². The second kappa shape index (κ2) is 73.1. The van der Waals surface area contributed by atoms with Crippen LogP contribution in [0.4, 0.5) is 0 Å². The Morgan fingerprint density at radius 1 is 0.341 bits per heavy atom. The lowest BCUT2D eigenvalue weighted by molar-refractivity contribution is -0.870. The van der Waals surface area contributed by atoms with Crippen molar-refractivity contribution in [3.63, 3.8) is 0 Å². The minimum atomic E-state index is -1.51. The van der Waals surface area contributed by atoms with E-state index in [0.717, 1.165) is 64.2 Å². The molecule has 91 heavy (non-hydrogen) atoms. The number of hydrogen-bond acceptors (Lipinski definition) is 7. The summed E-state index contributed by atoms with van der Waals surface area (Å²) >= 11 is 0. The van der Waals surface area contributed by atoms with Gasteiger partial charge in [-0.25, -0.2) is 4.79 Å². The summed E-state index contributed by atoms with van der Waals surface area (Å²) in [5, 5.41) is 9.77. The number of carboxylic acids is 1. The van der Waals surface area contributed by atoms with E-state index in [1.165, 1.54) is 308 Å². The number of ether oxygens (including phenoxy) is 4. The largest absolute Gasteiger partial charge is 0.477 e. The third-order valence-electron chi connectivity index (χ3n) is 18.1. The van der Waals surface area contributed by atoms with E-state index in [1.807, 2.05) is 21.1 Å². The molecule has 0 aromatic rings. The summed E-state index contributed by atoms with van der Waals surface area (Å²) in [7, 11) is 6.00. The second-order valence-electron chi connectivity index (χ2n) is 28.4. The van der Waals surface area contributed by atoms with Gasteiger partial charge in [-0.3, -0.25) is 9.59 Å². The third-order valence-corrected chi connectivity index (χ3v) is 18.1. The van der Waals surface area contributed by atoms with E-state index < -0.39 is 18.4 Å². The Morgan fingerprint density at radius 2 is 0.626 bits per heavy atom. The second-order valence-corrected chi connectivity index (χ2v) is 28.4. The van der Waals surface area contributed by atoms with Gasteiger partial charge in [-0.1, -0.05) is 383 Å². The molecule has 0 radical (unpaired) electrons. The fourth-order valence-corrected chi connectivity index (χ4v) is 12.1. The Bertz CT molecular complexity index is 1630. The van der Waals surface area contributed by atoms with Crippen molar-refractivity contribution in [2.24, 2.45) is 0 Å². The Morgan fingerprint density at radius 3 is 0.934 bits per heavy atom. The quantitative estimate of drug-likeness (QED) is 0.0211. The van der Waals surface area contributed by atoms with Crippen LogP contribution in [0.1, 0.15) is 399 Å². The molecule has 2 unspecified atom stereocenters. The molecular formula is C82H154NO8+. The summed E-state index contributed by atoms with van der Waals surface area (Å²) in [4.78, 5) is 37.7. The highest BCUT2D eigenvalue weighted by Crippen LogP contribution is 2.20. The zero-order chi connectivity index (χ0) is 66.1. The SMILES string of the molecule is CC/C=C\C/C=C\C/C=C\C/C=C\CCCCCCCCCCCCCCCCCCCCC(=O)OC(COC(=O)CCCCCCCCCCCCCCCCCCCCCCCCCCCCCCCCCCCCC)COC(OCC[N+](C)(C)C)C(=O)O. The Labute approximate surface area is 565 Å². The molecule has 1 N–H and O–H groups in total. The highest BCUT2D eigenvalue weighted by Gasteiger charge is 2.25. The van der Waals surface area contributed by atoms with Crippen LogP contribution >= 0.6 is 0 Å². The maximum Gasteiger partial charge on any atom is 0.361 e. The maximum atomic E-state index is 13.0. The molecule has 0 saturated carbocycles. The third kappa shape index (κ3) is 74.5. The van der Waals surface area contributed by atoms with Crippen LogP contribution in [-0.2, 0) is 33.3 Å². The van der Waals surface area contributed by atoms with Crippen molar-refractivity contribution in [1.29, 1.82) is 0 Å². The van der Waals surface area contributed by atoms with Crippen LogP contribution < -0.4 is 0 Å². The minimum absolute atomic E-state index is 0.176. The molecule has 0 rings (SSSR count). The van der Waals surface area contributed by atoms with Gasteiger partial charge in [0.25, 0.3) is 6.29 Å².